The van der Waals surface area contributed by atoms with Crippen LogP contribution < -0.4 is 15.4 Å². The van der Waals surface area contributed by atoms with Crippen molar-refractivity contribution in [3.8, 4) is 5.75 Å². The summed E-state index contributed by atoms with van der Waals surface area (Å²) in [5.74, 6) is -0.0898. The Morgan fingerprint density at radius 2 is 2.04 bits per heavy atom. The van der Waals surface area contributed by atoms with Crippen molar-refractivity contribution >= 4 is 52.1 Å². The molecule has 2 amide bonds. The first-order valence-electron chi connectivity index (χ1n) is 7.57. The Labute approximate surface area is 159 Å². The first-order valence-corrected chi connectivity index (χ1v) is 8.77. The van der Waals surface area contributed by atoms with E-state index in [2.05, 4.69) is 10.6 Å². The molecular weight excluding hydrogens is 374 g/mol. The van der Waals surface area contributed by atoms with Crippen LogP contribution in [0.25, 0.3) is 6.08 Å². The molecule has 1 fully saturated rings. The minimum Gasteiger partial charge on any atom is -0.484 e. The molecule has 8 heteroatoms. The smallest absolute Gasteiger partial charge is 0.264 e. The molecule has 0 bridgehead atoms. The van der Waals surface area contributed by atoms with Gasteiger partial charge in [-0.05, 0) is 59.8 Å². The number of carbonyl (C=O) groups excluding carboxylic acids is 2. The van der Waals surface area contributed by atoms with Gasteiger partial charge in [-0.25, -0.2) is 0 Å². The summed E-state index contributed by atoms with van der Waals surface area (Å²) >= 11 is 6.87. The molecule has 0 atom stereocenters. The number of ether oxygens (including phenoxy) is 1. The number of hydrogen-bond acceptors (Lipinski definition) is 5. The molecule has 26 heavy (non-hydrogen) atoms. The van der Waals surface area contributed by atoms with E-state index in [0.717, 1.165) is 17.3 Å². The van der Waals surface area contributed by atoms with Gasteiger partial charge in [0, 0.05) is 10.7 Å². The average Bonchev–Trinajstić information content (AvgIpc) is 2.93. The number of anilines is 1. The zero-order chi connectivity index (χ0) is 18.5. The number of rotatable bonds is 5. The Morgan fingerprint density at radius 1 is 1.27 bits per heavy atom. The molecule has 0 radical (unpaired) electrons. The zero-order valence-corrected chi connectivity index (χ0v) is 15.0. The number of nitrogens with one attached hydrogen (secondary N) is 3. The van der Waals surface area contributed by atoms with Crippen LogP contribution in [-0.2, 0) is 9.59 Å². The molecule has 2 aromatic rings. The van der Waals surface area contributed by atoms with Gasteiger partial charge < -0.3 is 15.4 Å². The van der Waals surface area contributed by atoms with Crippen molar-refractivity contribution in [2.24, 2.45) is 0 Å². The maximum atomic E-state index is 12.0. The van der Waals surface area contributed by atoms with Crippen molar-refractivity contribution in [3.63, 3.8) is 0 Å². The van der Waals surface area contributed by atoms with Crippen molar-refractivity contribution in [1.82, 2.24) is 5.32 Å². The van der Waals surface area contributed by atoms with Crippen LogP contribution in [0, 0.1) is 5.41 Å². The van der Waals surface area contributed by atoms with E-state index in [4.69, 9.17) is 21.7 Å². The van der Waals surface area contributed by atoms with Crippen molar-refractivity contribution < 1.29 is 14.3 Å². The van der Waals surface area contributed by atoms with Gasteiger partial charge in [0.25, 0.3) is 11.8 Å². The highest BCUT2D eigenvalue weighted by Crippen LogP contribution is 2.26. The molecule has 0 spiro atoms. The molecule has 0 unspecified atom stereocenters. The van der Waals surface area contributed by atoms with Crippen LogP contribution in [-0.4, -0.2) is 23.6 Å². The summed E-state index contributed by atoms with van der Waals surface area (Å²) in [4.78, 5) is 24.0. The second kappa shape index (κ2) is 8.07. The van der Waals surface area contributed by atoms with Crippen LogP contribution in [0.3, 0.4) is 0 Å². The summed E-state index contributed by atoms with van der Waals surface area (Å²) in [6.07, 6.45) is 1.67. The van der Waals surface area contributed by atoms with Crippen LogP contribution in [0.5, 0.6) is 5.75 Å². The zero-order valence-electron chi connectivity index (χ0n) is 13.4. The van der Waals surface area contributed by atoms with Gasteiger partial charge in [-0.3, -0.25) is 15.0 Å². The van der Waals surface area contributed by atoms with Gasteiger partial charge in [0.2, 0.25) is 0 Å². The number of amidine groups is 1. The number of carbonyl (C=O) groups is 2. The monoisotopic (exact) mass is 387 g/mol. The lowest BCUT2D eigenvalue weighted by Crippen LogP contribution is -2.20. The Bertz CT molecular complexity index is 897. The van der Waals surface area contributed by atoms with E-state index in [1.54, 1.807) is 48.5 Å². The quantitative estimate of drug-likeness (QED) is 0.685. The van der Waals surface area contributed by atoms with E-state index in [1.165, 1.54) is 0 Å². The third-order valence-electron chi connectivity index (χ3n) is 3.32. The van der Waals surface area contributed by atoms with Gasteiger partial charge in [-0.1, -0.05) is 23.7 Å². The van der Waals surface area contributed by atoms with Crippen molar-refractivity contribution in [2.45, 2.75) is 0 Å². The van der Waals surface area contributed by atoms with Crippen LogP contribution in [0.4, 0.5) is 5.69 Å². The average molecular weight is 388 g/mol. The van der Waals surface area contributed by atoms with E-state index in [0.29, 0.717) is 21.4 Å². The lowest BCUT2D eigenvalue weighted by atomic mass is 10.2. The molecule has 1 aliphatic heterocycles. The van der Waals surface area contributed by atoms with Gasteiger partial charge >= 0.3 is 0 Å². The highest BCUT2D eigenvalue weighted by molar-refractivity contribution is 8.18. The van der Waals surface area contributed by atoms with Crippen LogP contribution in [0.15, 0.2) is 53.4 Å². The Balaban J connectivity index is 1.59. The molecule has 1 heterocycles. The van der Waals surface area contributed by atoms with E-state index < -0.39 is 0 Å². The van der Waals surface area contributed by atoms with Crippen LogP contribution in [0.1, 0.15) is 5.56 Å². The highest BCUT2D eigenvalue weighted by Gasteiger charge is 2.22. The molecule has 3 N–H and O–H groups in total. The first-order chi connectivity index (χ1) is 12.5. The van der Waals surface area contributed by atoms with Crippen molar-refractivity contribution in [1.29, 1.82) is 5.41 Å². The standard InChI is InChI=1S/C18H14ClN3O3S/c19-12-4-6-13(7-5-12)21-16(23)10-25-14-3-1-2-11(8-14)9-15-17(24)22-18(20)26-15/h1-9H,10H2,(H,21,23)(H2,20,22,24)/b15-9-. The number of amides is 2. The second-order valence-electron chi connectivity index (χ2n) is 5.31. The Morgan fingerprint density at radius 3 is 2.73 bits per heavy atom. The predicted molar refractivity (Wildman–Crippen MR) is 103 cm³/mol. The minimum atomic E-state index is -0.298. The summed E-state index contributed by atoms with van der Waals surface area (Å²) in [5, 5.41) is 13.3. The molecule has 3 rings (SSSR count). The predicted octanol–water partition coefficient (Wildman–Crippen LogP) is 3.50. The third kappa shape index (κ3) is 4.87. The SMILES string of the molecule is N=C1NC(=O)/C(=C/c2cccc(OCC(=O)Nc3ccc(Cl)cc3)c2)S1. The van der Waals surface area contributed by atoms with E-state index in [9.17, 15) is 9.59 Å². The largest absolute Gasteiger partial charge is 0.484 e. The second-order valence-corrected chi connectivity index (χ2v) is 6.80. The summed E-state index contributed by atoms with van der Waals surface area (Å²) in [6, 6.07) is 13.8. The van der Waals surface area contributed by atoms with E-state index in [-0.39, 0.29) is 23.6 Å². The number of benzene rings is 2. The van der Waals surface area contributed by atoms with E-state index >= 15 is 0 Å². The lowest BCUT2D eigenvalue weighted by Gasteiger charge is -2.08. The van der Waals surface area contributed by atoms with Crippen LogP contribution >= 0.6 is 23.4 Å². The fourth-order valence-electron chi connectivity index (χ4n) is 2.17. The Kier molecular flexibility index (Phi) is 5.60. The molecular formula is C18H14ClN3O3S. The van der Waals surface area contributed by atoms with E-state index in [1.807, 2.05) is 6.07 Å². The maximum Gasteiger partial charge on any atom is 0.264 e. The fraction of sp³-hybridized carbons (Fsp3) is 0.0556. The first kappa shape index (κ1) is 18.0. The topological polar surface area (TPSA) is 91.3 Å². The number of hydrogen-bond donors (Lipinski definition) is 3. The fourth-order valence-corrected chi connectivity index (χ4v) is 2.99. The molecule has 2 aromatic carbocycles. The highest BCUT2D eigenvalue weighted by atomic mass is 35.5. The number of halogens is 1. The van der Waals surface area contributed by atoms with Crippen molar-refractivity contribution in [3.05, 3.63) is 64.0 Å². The molecule has 1 aliphatic rings. The van der Waals surface area contributed by atoms with Gasteiger partial charge in [0.15, 0.2) is 11.8 Å². The van der Waals surface area contributed by atoms with Gasteiger partial charge in [0.05, 0.1) is 4.91 Å². The molecule has 1 saturated heterocycles. The normalized spacial score (nSPS) is 15.0. The third-order valence-corrected chi connectivity index (χ3v) is 4.40. The Hall–Kier alpha value is -2.77. The summed E-state index contributed by atoms with van der Waals surface area (Å²) in [5.41, 5.74) is 1.38. The maximum absolute atomic E-state index is 12.0. The van der Waals surface area contributed by atoms with Gasteiger partial charge in [-0.2, -0.15) is 0 Å². The summed E-state index contributed by atoms with van der Waals surface area (Å²) in [6.45, 7) is -0.150. The summed E-state index contributed by atoms with van der Waals surface area (Å²) in [7, 11) is 0. The lowest BCUT2D eigenvalue weighted by molar-refractivity contribution is -0.118. The van der Waals surface area contributed by atoms with Gasteiger partial charge in [-0.15, -0.1) is 0 Å². The molecule has 0 aromatic heterocycles. The van der Waals surface area contributed by atoms with Crippen LogP contribution in [0.2, 0.25) is 5.02 Å². The minimum absolute atomic E-state index is 0.104. The number of thioether (sulfide) groups is 1. The molecule has 0 saturated carbocycles. The molecule has 6 nitrogen and oxygen atoms in total. The van der Waals surface area contributed by atoms with Gasteiger partial charge in [0.1, 0.15) is 5.75 Å². The molecule has 132 valence electrons. The summed E-state index contributed by atoms with van der Waals surface area (Å²) < 4.78 is 5.50. The molecule has 0 aliphatic carbocycles. The van der Waals surface area contributed by atoms with Crippen molar-refractivity contribution in [2.75, 3.05) is 11.9 Å².